The highest BCUT2D eigenvalue weighted by atomic mass is 35.5. The zero-order chi connectivity index (χ0) is 9.45. The average molecular weight is 230 g/mol. The second-order valence-corrected chi connectivity index (χ2v) is 4.88. The molecule has 0 aromatic heterocycles. The van der Waals surface area contributed by atoms with Crippen molar-refractivity contribution in [2.45, 2.75) is 39.5 Å². The van der Waals surface area contributed by atoms with Crippen LogP contribution in [0.25, 0.3) is 0 Å². The van der Waals surface area contributed by atoms with E-state index in [-0.39, 0.29) is 12.4 Å². The van der Waals surface area contributed by atoms with Gasteiger partial charge in [0.15, 0.2) is 0 Å². The second kappa shape index (κ2) is 9.01. The Labute approximate surface area is 86.8 Å². The first-order chi connectivity index (χ1) is 5.62. The van der Waals surface area contributed by atoms with Gasteiger partial charge in [0.1, 0.15) is 0 Å². The summed E-state index contributed by atoms with van der Waals surface area (Å²) in [6, 6.07) is 0. The van der Waals surface area contributed by atoms with Crippen molar-refractivity contribution < 1.29 is 26.4 Å². The Morgan fingerprint density at radius 3 is 2.23 bits per heavy atom. The molecule has 0 aliphatic carbocycles. The van der Waals surface area contributed by atoms with Crippen LogP contribution >= 0.6 is 7.60 Å². The van der Waals surface area contributed by atoms with E-state index < -0.39 is 7.60 Å². The minimum atomic E-state index is -3.24. The van der Waals surface area contributed by atoms with Crippen LogP contribution in [0.2, 0.25) is 0 Å². The maximum Gasteiger partial charge on any atom is 0.328 e. The number of unbranched alkanes of at least 4 members (excludes halogenated alkanes) is 2. The van der Waals surface area contributed by atoms with Crippen LogP contribution in [0.1, 0.15) is 39.5 Å². The maximum atomic E-state index is 11.2. The molecule has 0 aromatic rings. The summed E-state index contributed by atoms with van der Waals surface area (Å²) in [5, 5.41) is 0. The first kappa shape index (κ1) is 15.9. The summed E-state index contributed by atoms with van der Waals surface area (Å²) in [6.07, 6.45) is 3.85. The van der Waals surface area contributed by atoms with Crippen molar-refractivity contribution >= 4 is 7.60 Å². The van der Waals surface area contributed by atoms with Crippen molar-refractivity contribution in [2.24, 2.45) is 0 Å². The van der Waals surface area contributed by atoms with Crippen molar-refractivity contribution in [2.75, 3.05) is 12.8 Å². The molecule has 0 aliphatic rings. The summed E-state index contributed by atoms with van der Waals surface area (Å²) in [5.74, 6) is 0. The van der Waals surface area contributed by atoms with Crippen LogP contribution in [0, 0.1) is 0 Å². The Balaban J connectivity index is 0. The monoisotopic (exact) mass is 229 g/mol. The molecule has 0 aromatic carbocycles. The van der Waals surface area contributed by atoms with Crippen LogP contribution in [-0.4, -0.2) is 17.7 Å². The van der Waals surface area contributed by atoms with Crippen LogP contribution < -0.4 is 12.4 Å². The molecule has 13 heavy (non-hydrogen) atoms. The lowest BCUT2D eigenvalue weighted by Gasteiger charge is -2.10. The fraction of sp³-hybridized carbons (Fsp3) is 1.00. The topological polar surface area (TPSA) is 46.5 Å². The summed E-state index contributed by atoms with van der Waals surface area (Å²) in [5.41, 5.74) is 0. The smallest absolute Gasteiger partial charge is 0.328 e. The lowest BCUT2D eigenvalue weighted by molar-refractivity contribution is -0.00000776. The number of hydrogen-bond donors (Lipinski definition) is 1. The van der Waals surface area contributed by atoms with Crippen molar-refractivity contribution in [1.82, 2.24) is 0 Å². The van der Waals surface area contributed by atoms with E-state index in [4.69, 9.17) is 4.52 Å². The van der Waals surface area contributed by atoms with E-state index in [1.54, 1.807) is 0 Å². The fourth-order valence-electron chi connectivity index (χ4n) is 0.774. The van der Waals surface area contributed by atoms with Crippen molar-refractivity contribution in [3.63, 3.8) is 0 Å². The van der Waals surface area contributed by atoms with Crippen molar-refractivity contribution in [3.8, 4) is 0 Å². The molecule has 0 saturated carbocycles. The molecular formula is C8H19ClO3P-. The lowest BCUT2D eigenvalue weighted by atomic mass is 10.4. The van der Waals surface area contributed by atoms with Crippen molar-refractivity contribution in [1.29, 1.82) is 0 Å². The highest BCUT2D eigenvalue weighted by Gasteiger charge is 2.17. The Bertz CT molecular complexity index is 152. The zero-order valence-corrected chi connectivity index (χ0v) is 9.98. The summed E-state index contributed by atoms with van der Waals surface area (Å²) in [7, 11) is -3.24. The van der Waals surface area contributed by atoms with E-state index in [0.717, 1.165) is 25.7 Å². The Morgan fingerprint density at radius 2 is 1.77 bits per heavy atom. The third kappa shape index (κ3) is 10.4. The van der Waals surface area contributed by atoms with E-state index in [0.29, 0.717) is 12.8 Å². The summed E-state index contributed by atoms with van der Waals surface area (Å²) >= 11 is 0. The molecular weight excluding hydrogens is 211 g/mol. The minimum Gasteiger partial charge on any atom is -1.00 e. The molecule has 0 radical (unpaired) electrons. The van der Waals surface area contributed by atoms with Gasteiger partial charge >= 0.3 is 7.60 Å². The molecule has 0 amide bonds. The molecule has 0 saturated heterocycles. The van der Waals surface area contributed by atoms with Gasteiger partial charge < -0.3 is 21.8 Å². The van der Waals surface area contributed by atoms with Gasteiger partial charge in [-0.2, -0.15) is 0 Å². The van der Waals surface area contributed by atoms with E-state index in [1.807, 2.05) is 13.8 Å². The van der Waals surface area contributed by atoms with Gasteiger partial charge in [-0.05, 0) is 12.8 Å². The zero-order valence-electron chi connectivity index (χ0n) is 8.33. The number of rotatable bonds is 7. The Kier molecular flexibility index (Phi) is 11.0. The summed E-state index contributed by atoms with van der Waals surface area (Å²) < 4.78 is 16.1. The minimum absolute atomic E-state index is 0. The molecule has 0 heterocycles. The van der Waals surface area contributed by atoms with Gasteiger partial charge in [0.2, 0.25) is 0 Å². The Hall–Kier alpha value is 0.440. The Morgan fingerprint density at radius 1 is 1.23 bits per heavy atom. The second-order valence-electron chi connectivity index (χ2n) is 2.90. The van der Waals surface area contributed by atoms with Crippen LogP contribution in [0.4, 0.5) is 0 Å². The van der Waals surface area contributed by atoms with Crippen LogP contribution in [0.5, 0.6) is 0 Å². The van der Waals surface area contributed by atoms with Gasteiger partial charge in [-0.15, -0.1) is 0 Å². The largest absolute Gasteiger partial charge is 1.00 e. The highest BCUT2D eigenvalue weighted by molar-refractivity contribution is 7.52. The average Bonchev–Trinajstić information content (AvgIpc) is 2.01. The molecule has 1 unspecified atom stereocenters. The molecule has 3 nitrogen and oxygen atoms in total. The number of hydrogen-bond acceptors (Lipinski definition) is 2. The fourth-order valence-corrected chi connectivity index (χ4v) is 2.03. The molecule has 0 rings (SSSR count). The highest BCUT2D eigenvalue weighted by Crippen LogP contribution is 2.42. The molecule has 0 fully saturated rings. The molecule has 1 N–H and O–H groups in total. The number of halogens is 1. The van der Waals surface area contributed by atoms with Crippen molar-refractivity contribution in [3.05, 3.63) is 0 Å². The van der Waals surface area contributed by atoms with E-state index >= 15 is 0 Å². The molecule has 5 heteroatoms. The van der Waals surface area contributed by atoms with Crippen LogP contribution in [-0.2, 0) is 9.09 Å². The van der Waals surface area contributed by atoms with Crippen LogP contribution in [0.15, 0.2) is 0 Å². The molecule has 1 atom stereocenters. The summed E-state index contributed by atoms with van der Waals surface area (Å²) in [4.78, 5) is 9.21. The van der Waals surface area contributed by atoms with Crippen LogP contribution in [0.3, 0.4) is 0 Å². The van der Waals surface area contributed by atoms with Gasteiger partial charge in [0, 0.05) is 6.16 Å². The predicted molar refractivity (Wildman–Crippen MR) is 50.5 cm³/mol. The van der Waals surface area contributed by atoms with Gasteiger partial charge in [-0.1, -0.05) is 26.7 Å². The lowest BCUT2D eigenvalue weighted by Crippen LogP contribution is -3.00. The molecule has 0 bridgehead atoms. The molecule has 0 aliphatic heterocycles. The first-order valence-electron chi connectivity index (χ1n) is 4.58. The SMILES string of the molecule is CCCCOP(=O)(O)CCCC.[Cl-]. The normalized spacial score (nSPS) is 14.7. The van der Waals surface area contributed by atoms with Gasteiger partial charge in [-0.25, -0.2) is 0 Å². The van der Waals surface area contributed by atoms with Gasteiger partial charge in [0.25, 0.3) is 0 Å². The van der Waals surface area contributed by atoms with E-state index in [1.165, 1.54) is 0 Å². The van der Waals surface area contributed by atoms with Gasteiger partial charge in [-0.3, -0.25) is 4.57 Å². The first-order valence-corrected chi connectivity index (χ1v) is 6.35. The van der Waals surface area contributed by atoms with Gasteiger partial charge in [0.05, 0.1) is 6.61 Å². The summed E-state index contributed by atoms with van der Waals surface area (Å²) in [6.45, 7) is 4.43. The van der Waals surface area contributed by atoms with E-state index in [2.05, 4.69) is 0 Å². The predicted octanol–water partition coefficient (Wildman–Crippen LogP) is -0.207. The maximum absolute atomic E-state index is 11.2. The third-order valence-corrected chi connectivity index (χ3v) is 3.05. The van der Waals surface area contributed by atoms with E-state index in [9.17, 15) is 9.46 Å². The quantitative estimate of drug-likeness (QED) is 0.486. The standard InChI is InChI=1S/C8H19O3P.ClH/c1-3-5-7-11-12(9,10)8-6-4-2;/h3-8H2,1-2H3,(H,9,10);1H/p-1. The third-order valence-electron chi connectivity index (χ3n) is 1.59. The molecule has 0 spiro atoms. The molecule has 82 valence electrons.